The first-order chi connectivity index (χ1) is 27.2. The van der Waals surface area contributed by atoms with Gasteiger partial charge < -0.3 is 10.6 Å². The summed E-state index contributed by atoms with van der Waals surface area (Å²) in [6.07, 6.45) is 1.70. The maximum absolute atomic E-state index is 14.1. The molecule has 4 heterocycles. The topological polar surface area (TPSA) is 161 Å². The van der Waals surface area contributed by atoms with Crippen molar-refractivity contribution in [2.75, 3.05) is 16.1 Å². The summed E-state index contributed by atoms with van der Waals surface area (Å²) in [7, 11) is 3.56. The molecule has 1 amide bonds. The van der Waals surface area contributed by atoms with Gasteiger partial charge in [-0.25, -0.2) is 14.4 Å². The molecule has 0 radical (unpaired) electrons. The normalized spacial score (nSPS) is 13.3. The van der Waals surface area contributed by atoms with Gasteiger partial charge in [-0.2, -0.15) is 20.0 Å². The lowest BCUT2D eigenvalue weighted by Crippen LogP contribution is -2.38. The summed E-state index contributed by atoms with van der Waals surface area (Å²) in [5.41, 5.74) is 7.02. The van der Waals surface area contributed by atoms with Crippen molar-refractivity contribution >= 4 is 47.0 Å². The number of carbonyl (C=O) groups is 1. The molecule has 3 aromatic heterocycles. The Morgan fingerprint density at radius 2 is 0.982 bits per heavy atom. The lowest BCUT2D eigenvalue weighted by Gasteiger charge is -2.20. The summed E-state index contributed by atoms with van der Waals surface area (Å²) in [5, 5.41) is 7.46. The highest BCUT2D eigenvalue weighted by Crippen LogP contribution is 2.25. The predicted octanol–water partition coefficient (Wildman–Crippen LogP) is 5.61. The lowest BCUT2D eigenvalue weighted by atomic mass is 10.2. The quantitative estimate of drug-likeness (QED) is 0.151. The van der Waals surface area contributed by atoms with E-state index < -0.39 is 5.91 Å². The van der Waals surface area contributed by atoms with E-state index in [1.807, 2.05) is 121 Å². The van der Waals surface area contributed by atoms with Crippen LogP contribution in [0.2, 0.25) is 0 Å². The molecule has 0 saturated carbocycles. The number of anilines is 5. The number of nitrogens with zero attached hydrogens (tertiary/aromatic N) is 9. The summed E-state index contributed by atoms with van der Waals surface area (Å²) in [6.45, 7) is 3.60. The molecular formula is C41H36N12O3. The van der Waals surface area contributed by atoms with Gasteiger partial charge in [-0.15, -0.1) is 0 Å². The van der Waals surface area contributed by atoms with E-state index in [4.69, 9.17) is 4.99 Å². The summed E-state index contributed by atoms with van der Waals surface area (Å²) < 4.78 is 6.52. The molecule has 56 heavy (non-hydrogen) atoms. The van der Waals surface area contributed by atoms with Crippen LogP contribution in [0.4, 0.5) is 29.2 Å². The average Bonchev–Trinajstić information content (AvgIpc) is 3.72. The van der Waals surface area contributed by atoms with Crippen LogP contribution in [-0.4, -0.2) is 50.4 Å². The average molecular weight is 745 g/mol. The van der Waals surface area contributed by atoms with E-state index in [9.17, 15) is 14.4 Å². The molecule has 4 aromatic carbocycles. The second-order valence-electron chi connectivity index (χ2n) is 12.9. The number of hydrogen-bond acceptors (Lipinski definition) is 10. The van der Waals surface area contributed by atoms with Crippen LogP contribution in [0.1, 0.15) is 22.5 Å². The van der Waals surface area contributed by atoms with Crippen molar-refractivity contribution in [1.29, 1.82) is 0 Å². The number of rotatable bonds is 10. The van der Waals surface area contributed by atoms with E-state index in [2.05, 4.69) is 31.0 Å². The van der Waals surface area contributed by atoms with Gasteiger partial charge in [0.15, 0.2) is 5.84 Å². The number of hydrazine groups is 1. The zero-order chi connectivity index (χ0) is 38.9. The van der Waals surface area contributed by atoms with Crippen LogP contribution < -0.4 is 27.2 Å². The molecule has 0 unspecified atom stereocenters. The van der Waals surface area contributed by atoms with E-state index in [1.54, 1.807) is 43.4 Å². The molecule has 0 fully saturated rings. The van der Waals surface area contributed by atoms with Crippen molar-refractivity contribution in [2.24, 2.45) is 19.1 Å². The van der Waals surface area contributed by atoms with Crippen molar-refractivity contribution in [1.82, 2.24) is 38.7 Å². The number of aromatic nitrogens is 7. The van der Waals surface area contributed by atoms with E-state index >= 15 is 0 Å². The van der Waals surface area contributed by atoms with E-state index in [1.165, 1.54) is 14.4 Å². The number of amidine groups is 1. The van der Waals surface area contributed by atoms with Gasteiger partial charge in [-0.1, -0.05) is 97.1 Å². The van der Waals surface area contributed by atoms with Crippen LogP contribution in [0.25, 0.3) is 17.5 Å². The third kappa shape index (κ3) is 6.53. The Morgan fingerprint density at radius 3 is 1.46 bits per heavy atom. The monoisotopic (exact) mass is 744 g/mol. The maximum atomic E-state index is 14.1. The standard InChI is InChI=1S/C41H36N12O3/c1-26-33(37(55)52(49(26)3)30-21-13-7-14-22-30)43-39-45-40(44-34-27(2)50(4)53(38(34)56)31-23-15-8-16-24-31)47-41(46-39)48-51-35(29-19-11-6-12-20-29)42-32(36(51)54)25-28-17-9-5-10-18-28/h5-25H,1-4H3,(H3,43,44,45,46,47,48). The lowest BCUT2D eigenvalue weighted by molar-refractivity contribution is -0.121. The molecule has 7 aromatic rings. The van der Waals surface area contributed by atoms with Crippen molar-refractivity contribution < 1.29 is 4.79 Å². The molecule has 8 rings (SSSR count). The second-order valence-corrected chi connectivity index (χ2v) is 12.9. The highest BCUT2D eigenvalue weighted by Gasteiger charge is 2.33. The van der Waals surface area contributed by atoms with Gasteiger partial charge in [0.25, 0.3) is 17.0 Å². The first-order valence-corrected chi connectivity index (χ1v) is 17.7. The smallest absolute Gasteiger partial charge is 0.297 e. The number of para-hydroxylation sites is 2. The molecule has 0 atom stereocenters. The van der Waals surface area contributed by atoms with Crippen LogP contribution >= 0.6 is 0 Å². The SMILES string of the molecule is Cc1c(Nc2nc(Nc3c(C)n(C)n(-c4ccccc4)c3=O)nc(NN3C(=O)C(=Cc4ccccc4)N=C3c3ccccc3)n2)c(=O)n(-c2ccccc2)n1C. The van der Waals surface area contributed by atoms with E-state index in [0.29, 0.717) is 34.2 Å². The fourth-order valence-electron chi connectivity index (χ4n) is 6.39. The zero-order valence-corrected chi connectivity index (χ0v) is 30.9. The highest BCUT2D eigenvalue weighted by atomic mass is 16.2. The molecule has 1 aliphatic heterocycles. The number of nitrogens with one attached hydrogen (secondary N) is 3. The molecule has 15 heteroatoms. The van der Waals surface area contributed by atoms with Crippen molar-refractivity contribution in [3.05, 3.63) is 170 Å². The molecular weight excluding hydrogens is 709 g/mol. The largest absolute Gasteiger partial charge is 0.318 e. The first-order valence-electron chi connectivity index (χ1n) is 17.7. The fraction of sp³-hybridized carbons (Fsp3) is 0.0976. The molecule has 15 nitrogen and oxygen atoms in total. The van der Waals surface area contributed by atoms with Gasteiger partial charge in [0.1, 0.15) is 17.1 Å². The Hall–Kier alpha value is -7.81. The minimum Gasteiger partial charge on any atom is -0.318 e. The summed E-state index contributed by atoms with van der Waals surface area (Å²) in [5.74, 6) is -0.268. The van der Waals surface area contributed by atoms with Gasteiger partial charge in [-0.3, -0.25) is 29.2 Å². The molecule has 3 N–H and O–H groups in total. The Labute approximate surface area is 320 Å². The summed E-state index contributed by atoms with van der Waals surface area (Å²) in [4.78, 5) is 60.4. The number of benzene rings is 4. The molecule has 278 valence electrons. The Morgan fingerprint density at radius 1 is 0.554 bits per heavy atom. The fourth-order valence-corrected chi connectivity index (χ4v) is 6.39. The minimum atomic E-state index is -0.452. The van der Waals surface area contributed by atoms with E-state index in [0.717, 1.165) is 5.56 Å². The van der Waals surface area contributed by atoms with Crippen LogP contribution in [0.15, 0.2) is 142 Å². The first kappa shape index (κ1) is 35.2. The summed E-state index contributed by atoms with van der Waals surface area (Å²) in [6, 6.07) is 37.1. The highest BCUT2D eigenvalue weighted by molar-refractivity contribution is 6.20. The molecule has 0 spiro atoms. The third-order valence-electron chi connectivity index (χ3n) is 9.42. The van der Waals surface area contributed by atoms with Crippen LogP contribution in [0.5, 0.6) is 0 Å². The van der Waals surface area contributed by atoms with Gasteiger partial charge in [-0.05, 0) is 49.8 Å². The van der Waals surface area contributed by atoms with Crippen LogP contribution in [0.3, 0.4) is 0 Å². The van der Waals surface area contributed by atoms with Crippen molar-refractivity contribution in [3.63, 3.8) is 0 Å². The number of aliphatic imine (C=N–C) groups is 1. The molecule has 0 saturated heterocycles. The van der Waals surface area contributed by atoms with E-state index in [-0.39, 0.29) is 46.0 Å². The second kappa shape index (κ2) is 14.5. The number of carbonyl (C=O) groups excluding carboxylic acids is 1. The molecule has 0 bridgehead atoms. The summed E-state index contributed by atoms with van der Waals surface area (Å²) >= 11 is 0. The van der Waals surface area contributed by atoms with Gasteiger partial charge in [0.2, 0.25) is 17.8 Å². The predicted molar refractivity (Wildman–Crippen MR) is 216 cm³/mol. The van der Waals surface area contributed by atoms with Gasteiger partial charge >= 0.3 is 0 Å². The Balaban J connectivity index is 1.22. The van der Waals surface area contributed by atoms with Crippen molar-refractivity contribution in [3.8, 4) is 11.4 Å². The Kier molecular flexibility index (Phi) is 9.15. The third-order valence-corrected chi connectivity index (χ3v) is 9.42. The maximum Gasteiger partial charge on any atom is 0.297 e. The zero-order valence-electron chi connectivity index (χ0n) is 30.9. The molecule has 0 aliphatic carbocycles. The molecule has 1 aliphatic rings. The van der Waals surface area contributed by atoms with Crippen molar-refractivity contribution in [2.45, 2.75) is 13.8 Å². The minimum absolute atomic E-state index is 0.0297. The Bertz CT molecular complexity index is 2640. The number of amides is 1. The van der Waals surface area contributed by atoms with Crippen LogP contribution in [-0.2, 0) is 18.9 Å². The van der Waals surface area contributed by atoms with Crippen LogP contribution in [0, 0.1) is 13.8 Å². The van der Waals surface area contributed by atoms with Gasteiger partial charge in [0.05, 0.1) is 22.8 Å². The number of hydrogen-bond donors (Lipinski definition) is 3. The van der Waals surface area contributed by atoms with Gasteiger partial charge in [0, 0.05) is 19.7 Å².